The molecule has 0 aromatic carbocycles. The molecule has 4 nitrogen and oxygen atoms in total. The van der Waals surface area contributed by atoms with Crippen molar-refractivity contribution in [3.8, 4) is 0 Å². The number of carbonyl (C=O) groups is 2. The molecule has 0 bridgehead atoms. The van der Waals surface area contributed by atoms with Gasteiger partial charge in [-0.15, -0.1) is 0 Å². The smallest absolute Gasteiger partial charge is 0.341 e. The monoisotopic (exact) mass is 186 g/mol. The minimum atomic E-state index is -0.682. The molecular formula is C9H14O4. The van der Waals surface area contributed by atoms with Crippen molar-refractivity contribution in [3.05, 3.63) is 11.1 Å². The maximum absolute atomic E-state index is 11.2. The average molecular weight is 186 g/mol. The molecule has 0 fully saturated rings. The molecule has 0 aliphatic carbocycles. The largest absolute Gasteiger partial charge is 0.465 e. The van der Waals surface area contributed by atoms with E-state index >= 15 is 0 Å². The van der Waals surface area contributed by atoms with Crippen molar-refractivity contribution in [2.45, 2.75) is 20.3 Å². The van der Waals surface area contributed by atoms with Gasteiger partial charge in [-0.25, -0.2) is 4.79 Å². The van der Waals surface area contributed by atoms with Crippen LogP contribution in [0.2, 0.25) is 0 Å². The van der Waals surface area contributed by atoms with Gasteiger partial charge < -0.3 is 9.84 Å². The summed E-state index contributed by atoms with van der Waals surface area (Å²) in [6.07, 6.45) is 0.224. The average Bonchev–Trinajstić information content (AvgIpc) is 2.16. The molecule has 0 spiro atoms. The number of rotatable bonds is 4. The van der Waals surface area contributed by atoms with Crippen LogP contribution in [0.1, 0.15) is 20.3 Å². The molecule has 0 aromatic rings. The fourth-order valence-electron chi connectivity index (χ4n) is 0.884. The molecule has 0 unspecified atom stereocenters. The zero-order valence-corrected chi connectivity index (χ0v) is 8.09. The van der Waals surface area contributed by atoms with Crippen LogP contribution < -0.4 is 0 Å². The Bertz CT molecular complexity index is 222. The highest BCUT2D eigenvalue weighted by atomic mass is 16.5. The van der Waals surface area contributed by atoms with Crippen molar-refractivity contribution in [1.29, 1.82) is 0 Å². The number of methoxy groups -OCH3 is 1. The molecule has 0 saturated carbocycles. The molecule has 4 heteroatoms. The van der Waals surface area contributed by atoms with Crippen LogP contribution in [-0.2, 0) is 14.3 Å². The highest BCUT2D eigenvalue weighted by molar-refractivity contribution is 6.17. The van der Waals surface area contributed by atoms with Gasteiger partial charge in [0.1, 0.15) is 5.57 Å². The fraction of sp³-hybridized carbons (Fsp3) is 0.556. The van der Waals surface area contributed by atoms with E-state index in [0.717, 1.165) is 0 Å². The summed E-state index contributed by atoms with van der Waals surface area (Å²) < 4.78 is 4.43. The van der Waals surface area contributed by atoms with Crippen LogP contribution in [0.5, 0.6) is 0 Å². The number of hydrogen-bond donors (Lipinski definition) is 1. The number of ketones is 1. The molecule has 0 atom stereocenters. The Morgan fingerprint density at radius 1 is 1.38 bits per heavy atom. The standard InChI is InChI=1S/C9H14O4/c1-4-7(11)8(6(2)5-10)9(12)13-3/h10H,4-5H2,1-3H3. The van der Waals surface area contributed by atoms with E-state index in [0.29, 0.717) is 5.57 Å². The summed E-state index contributed by atoms with van der Waals surface area (Å²) in [5, 5.41) is 8.78. The van der Waals surface area contributed by atoms with Gasteiger partial charge in [-0.1, -0.05) is 6.92 Å². The van der Waals surface area contributed by atoms with Crippen molar-refractivity contribution in [2.75, 3.05) is 13.7 Å². The second kappa shape index (κ2) is 5.48. The summed E-state index contributed by atoms with van der Waals surface area (Å²) in [5.41, 5.74) is 0.311. The van der Waals surface area contributed by atoms with Crippen LogP contribution in [-0.4, -0.2) is 30.6 Å². The van der Waals surface area contributed by atoms with Gasteiger partial charge in [0.05, 0.1) is 13.7 Å². The van der Waals surface area contributed by atoms with Crippen molar-refractivity contribution >= 4 is 11.8 Å². The maximum Gasteiger partial charge on any atom is 0.341 e. The number of aliphatic hydroxyl groups is 1. The van der Waals surface area contributed by atoms with Crippen molar-refractivity contribution in [1.82, 2.24) is 0 Å². The van der Waals surface area contributed by atoms with Gasteiger partial charge in [0.2, 0.25) is 0 Å². The first-order valence-electron chi connectivity index (χ1n) is 4.00. The van der Waals surface area contributed by atoms with Crippen molar-refractivity contribution < 1.29 is 19.4 Å². The minimum absolute atomic E-state index is 0.0347. The maximum atomic E-state index is 11.2. The minimum Gasteiger partial charge on any atom is -0.465 e. The van der Waals surface area contributed by atoms with E-state index < -0.39 is 5.97 Å². The van der Waals surface area contributed by atoms with Crippen LogP contribution in [0.3, 0.4) is 0 Å². The van der Waals surface area contributed by atoms with Crippen molar-refractivity contribution in [2.24, 2.45) is 0 Å². The van der Waals surface area contributed by atoms with E-state index in [4.69, 9.17) is 5.11 Å². The first-order chi connectivity index (χ1) is 6.08. The summed E-state index contributed by atoms with van der Waals surface area (Å²) in [6, 6.07) is 0. The molecular weight excluding hydrogens is 172 g/mol. The lowest BCUT2D eigenvalue weighted by atomic mass is 10.0. The number of Topliss-reactive ketones (excluding diaryl/α,β-unsaturated/α-hetero) is 1. The number of ether oxygens (including phenoxy) is 1. The second-order valence-electron chi connectivity index (χ2n) is 2.58. The van der Waals surface area contributed by atoms with Gasteiger partial charge in [0.25, 0.3) is 0 Å². The summed E-state index contributed by atoms with van der Waals surface area (Å²) in [5.74, 6) is -0.989. The third-order valence-electron chi connectivity index (χ3n) is 1.65. The quantitative estimate of drug-likeness (QED) is 0.299. The van der Waals surface area contributed by atoms with Gasteiger partial charge >= 0.3 is 5.97 Å². The molecule has 0 aliphatic heterocycles. The Morgan fingerprint density at radius 3 is 2.23 bits per heavy atom. The van der Waals surface area contributed by atoms with Crippen LogP contribution in [0.15, 0.2) is 11.1 Å². The Balaban J connectivity index is 4.97. The normalized spacial score (nSPS) is 12.0. The van der Waals surface area contributed by atoms with Gasteiger partial charge in [-0.3, -0.25) is 4.79 Å². The molecule has 0 rings (SSSR count). The number of hydrogen-bond acceptors (Lipinski definition) is 4. The van der Waals surface area contributed by atoms with Crippen LogP contribution in [0.4, 0.5) is 0 Å². The topological polar surface area (TPSA) is 63.6 Å². The first-order valence-corrected chi connectivity index (χ1v) is 4.00. The van der Waals surface area contributed by atoms with Gasteiger partial charge in [-0.05, 0) is 12.5 Å². The van der Waals surface area contributed by atoms with Gasteiger partial charge in [0, 0.05) is 6.42 Å². The van der Waals surface area contributed by atoms with E-state index in [1.54, 1.807) is 6.92 Å². The van der Waals surface area contributed by atoms with Crippen LogP contribution in [0.25, 0.3) is 0 Å². The summed E-state index contributed by atoms with van der Waals surface area (Å²) in [6.45, 7) is 2.87. The fourth-order valence-corrected chi connectivity index (χ4v) is 0.884. The molecule has 0 radical (unpaired) electrons. The van der Waals surface area contributed by atoms with Crippen LogP contribution in [0, 0.1) is 0 Å². The number of esters is 1. The first kappa shape index (κ1) is 11.8. The van der Waals surface area contributed by atoms with Crippen LogP contribution >= 0.6 is 0 Å². The van der Waals surface area contributed by atoms with Gasteiger partial charge in [-0.2, -0.15) is 0 Å². The molecule has 0 saturated heterocycles. The summed E-state index contributed by atoms with van der Waals surface area (Å²) in [7, 11) is 1.20. The summed E-state index contributed by atoms with van der Waals surface area (Å²) in [4.78, 5) is 22.3. The third-order valence-corrected chi connectivity index (χ3v) is 1.65. The zero-order valence-electron chi connectivity index (χ0n) is 8.09. The Morgan fingerprint density at radius 2 is 1.92 bits per heavy atom. The number of carbonyl (C=O) groups excluding carboxylic acids is 2. The molecule has 0 amide bonds. The van der Waals surface area contributed by atoms with E-state index in [1.807, 2.05) is 0 Å². The van der Waals surface area contributed by atoms with E-state index in [2.05, 4.69) is 4.74 Å². The highest BCUT2D eigenvalue weighted by Gasteiger charge is 2.19. The zero-order chi connectivity index (χ0) is 10.4. The van der Waals surface area contributed by atoms with E-state index in [-0.39, 0.29) is 24.4 Å². The highest BCUT2D eigenvalue weighted by Crippen LogP contribution is 2.08. The van der Waals surface area contributed by atoms with E-state index in [1.165, 1.54) is 14.0 Å². The predicted molar refractivity (Wildman–Crippen MR) is 47.1 cm³/mol. The second-order valence-corrected chi connectivity index (χ2v) is 2.58. The Hall–Kier alpha value is -1.16. The summed E-state index contributed by atoms with van der Waals surface area (Å²) >= 11 is 0. The molecule has 74 valence electrons. The molecule has 0 heterocycles. The predicted octanol–water partition coefficient (Wildman–Crippen LogP) is 0.447. The molecule has 1 N–H and O–H groups in total. The lowest BCUT2D eigenvalue weighted by Crippen LogP contribution is -2.16. The lowest BCUT2D eigenvalue weighted by Gasteiger charge is -2.05. The van der Waals surface area contributed by atoms with E-state index in [9.17, 15) is 9.59 Å². The van der Waals surface area contributed by atoms with Crippen molar-refractivity contribution in [3.63, 3.8) is 0 Å². The SMILES string of the molecule is CCC(=O)C(C(=O)OC)=C(C)CO. The molecule has 0 aromatic heterocycles. The Labute approximate surface area is 77.2 Å². The Kier molecular flexibility index (Phi) is 4.99. The third kappa shape index (κ3) is 2.99. The van der Waals surface area contributed by atoms with Gasteiger partial charge in [0.15, 0.2) is 5.78 Å². The molecule has 13 heavy (non-hydrogen) atoms. The number of aliphatic hydroxyl groups excluding tert-OH is 1. The lowest BCUT2D eigenvalue weighted by molar-refractivity contribution is -0.137. The molecule has 0 aliphatic rings.